The smallest absolute Gasteiger partial charge is 0.406 e. The number of nitrogens with zero attached hydrogens (tertiary/aromatic N) is 2. The first-order chi connectivity index (χ1) is 13.4. The molecule has 0 amide bonds. The summed E-state index contributed by atoms with van der Waals surface area (Å²) in [5.41, 5.74) is -1.66. The molecule has 1 saturated heterocycles. The van der Waals surface area contributed by atoms with Crippen molar-refractivity contribution >= 4 is 19.7 Å². The number of rotatable bonds is 9. The minimum Gasteiger partial charge on any atom is -0.480 e. The van der Waals surface area contributed by atoms with Gasteiger partial charge in [0.25, 0.3) is 5.56 Å². The predicted molar refractivity (Wildman–Crippen MR) is 89.9 cm³/mol. The lowest BCUT2D eigenvalue weighted by atomic mass is 10.1. The molecule has 16 heteroatoms. The van der Waals surface area contributed by atoms with E-state index in [-0.39, 0.29) is 4.67 Å². The van der Waals surface area contributed by atoms with Gasteiger partial charge in [0.05, 0.1) is 6.61 Å². The number of aliphatic carboxylic acids is 2. The molecule has 1 unspecified atom stereocenters. The van der Waals surface area contributed by atoms with E-state index in [1.807, 2.05) is 4.98 Å². The van der Waals surface area contributed by atoms with Gasteiger partial charge in [-0.25, -0.2) is 9.36 Å². The highest BCUT2D eigenvalue weighted by atomic mass is 31.2. The molecule has 1 aromatic rings. The van der Waals surface area contributed by atoms with E-state index in [1.165, 1.54) is 0 Å². The van der Waals surface area contributed by atoms with Gasteiger partial charge >= 0.3 is 25.4 Å². The average molecular weight is 439 g/mol. The maximum Gasteiger partial charge on any atom is 0.406 e. The second-order valence-corrected chi connectivity index (χ2v) is 7.77. The fraction of sp³-hybridized carbons (Fsp3) is 0.538. The van der Waals surface area contributed by atoms with Gasteiger partial charge in [0.2, 0.25) is 0 Å². The van der Waals surface area contributed by atoms with Crippen LogP contribution in [-0.4, -0.2) is 89.5 Å². The quantitative estimate of drug-likeness (QED) is 0.208. The molecular weight excluding hydrogens is 421 g/mol. The number of carboxylic acids is 2. The normalized spacial score (nSPS) is 26.3. The summed E-state index contributed by atoms with van der Waals surface area (Å²) < 4.78 is 23.1. The number of hydrogen-bond donors (Lipinski definition) is 6. The lowest BCUT2D eigenvalue weighted by Crippen LogP contribution is -2.38. The largest absolute Gasteiger partial charge is 0.480 e. The van der Waals surface area contributed by atoms with E-state index in [0.717, 1.165) is 16.8 Å². The molecule has 0 aliphatic carbocycles. The molecule has 5 atom stereocenters. The van der Waals surface area contributed by atoms with Gasteiger partial charge in [0.15, 0.2) is 6.23 Å². The number of aromatic nitrogens is 2. The van der Waals surface area contributed by atoms with E-state index >= 15 is 0 Å². The minimum absolute atomic E-state index is 0.166. The third-order valence-electron chi connectivity index (χ3n) is 3.86. The van der Waals surface area contributed by atoms with Crippen molar-refractivity contribution in [3.8, 4) is 0 Å². The third kappa shape index (κ3) is 5.57. The van der Waals surface area contributed by atoms with Crippen LogP contribution in [0.2, 0.25) is 0 Å². The second-order valence-electron chi connectivity index (χ2n) is 5.96. The Bertz CT molecular complexity index is 912. The van der Waals surface area contributed by atoms with Crippen LogP contribution in [0.3, 0.4) is 0 Å². The van der Waals surface area contributed by atoms with Crippen molar-refractivity contribution in [1.82, 2.24) is 14.2 Å². The van der Waals surface area contributed by atoms with E-state index in [1.54, 1.807) is 0 Å². The van der Waals surface area contributed by atoms with Crippen LogP contribution in [0, 0.1) is 0 Å². The van der Waals surface area contributed by atoms with Crippen molar-refractivity contribution < 1.29 is 48.7 Å². The molecule has 0 aromatic carbocycles. The molecule has 0 radical (unpaired) electrons. The summed E-state index contributed by atoms with van der Waals surface area (Å²) in [6, 6.07) is 0.964. The second kappa shape index (κ2) is 8.96. The van der Waals surface area contributed by atoms with Gasteiger partial charge in [-0.05, 0) is 0 Å². The third-order valence-corrected chi connectivity index (χ3v) is 5.35. The molecular formula is C13H18N3O12P. The SMILES string of the molecule is O=C(O)CN(CC(=O)O)P(=O)(O)OC[C@H]1O[C@@H](n2ccc(=O)[nH]c2=O)[C@H](O)[C@@H]1O. The number of carboxylic acid groups (broad SMARTS) is 2. The van der Waals surface area contributed by atoms with Crippen LogP contribution in [0.1, 0.15) is 6.23 Å². The van der Waals surface area contributed by atoms with Crippen molar-refractivity contribution in [2.75, 3.05) is 19.7 Å². The number of aliphatic hydroxyl groups excluding tert-OH is 2. The van der Waals surface area contributed by atoms with Crippen LogP contribution in [0.5, 0.6) is 0 Å². The first-order valence-electron chi connectivity index (χ1n) is 7.92. The Hall–Kier alpha value is -2.39. The van der Waals surface area contributed by atoms with E-state index in [9.17, 15) is 38.8 Å². The number of H-pyrrole nitrogens is 1. The highest BCUT2D eigenvalue weighted by molar-refractivity contribution is 7.50. The van der Waals surface area contributed by atoms with Crippen LogP contribution >= 0.6 is 7.75 Å². The summed E-state index contributed by atoms with van der Waals surface area (Å²) in [5.74, 6) is -3.18. The maximum atomic E-state index is 12.2. The van der Waals surface area contributed by atoms with Crippen molar-refractivity contribution in [2.45, 2.75) is 24.5 Å². The summed E-state index contributed by atoms with van der Waals surface area (Å²) in [6.45, 7) is -3.09. The number of ether oxygens (including phenoxy) is 1. The summed E-state index contributed by atoms with van der Waals surface area (Å²) in [6.07, 6.45) is -5.27. The van der Waals surface area contributed by atoms with Crippen LogP contribution in [0.4, 0.5) is 0 Å². The molecule has 2 rings (SSSR count). The Labute approximate surface area is 160 Å². The highest BCUT2D eigenvalue weighted by Crippen LogP contribution is 2.46. The Kier molecular flexibility index (Phi) is 7.07. The molecule has 162 valence electrons. The zero-order valence-corrected chi connectivity index (χ0v) is 15.4. The molecule has 29 heavy (non-hydrogen) atoms. The van der Waals surface area contributed by atoms with E-state index in [0.29, 0.717) is 0 Å². The zero-order chi connectivity index (χ0) is 21.9. The Morgan fingerprint density at radius 2 is 1.79 bits per heavy atom. The monoisotopic (exact) mass is 439 g/mol. The molecule has 0 bridgehead atoms. The fourth-order valence-electron chi connectivity index (χ4n) is 2.52. The van der Waals surface area contributed by atoms with Gasteiger partial charge in [0, 0.05) is 12.3 Å². The van der Waals surface area contributed by atoms with Crippen LogP contribution in [0.25, 0.3) is 0 Å². The van der Waals surface area contributed by atoms with Gasteiger partial charge in [-0.2, -0.15) is 4.67 Å². The summed E-state index contributed by atoms with van der Waals surface area (Å²) in [5, 5.41) is 37.6. The van der Waals surface area contributed by atoms with Crippen LogP contribution < -0.4 is 11.2 Å². The predicted octanol–water partition coefficient (Wildman–Crippen LogP) is -3.26. The molecule has 1 fully saturated rings. The Balaban J connectivity index is 2.12. The first kappa shape index (κ1) is 22.9. The number of hydrogen-bond acceptors (Lipinski definition) is 9. The molecule has 0 saturated carbocycles. The molecule has 1 aliphatic heterocycles. The highest BCUT2D eigenvalue weighted by Gasteiger charge is 2.45. The topological polar surface area (TPSA) is 229 Å². The lowest BCUT2D eigenvalue weighted by Gasteiger charge is -2.25. The minimum atomic E-state index is -4.93. The Morgan fingerprint density at radius 3 is 2.31 bits per heavy atom. The molecule has 6 N–H and O–H groups in total. The van der Waals surface area contributed by atoms with Crippen LogP contribution in [-0.2, 0) is 23.4 Å². The van der Waals surface area contributed by atoms with Crippen molar-refractivity contribution in [3.05, 3.63) is 33.1 Å². The standard InChI is InChI=1S/C13H18N3O12P/c17-7-1-2-16(13(24)14-7)12-11(23)10(22)6(28-12)5-27-29(25,26)15(3-8(18)19)4-9(20)21/h1-2,6,10-12,22-23H,3-5H2,(H,18,19)(H,20,21)(H,25,26)(H,14,17,24)/t6-,10-,11-,12-/m1/s1. The first-order valence-corrected chi connectivity index (χ1v) is 9.45. The zero-order valence-electron chi connectivity index (χ0n) is 14.5. The van der Waals surface area contributed by atoms with Gasteiger partial charge in [0.1, 0.15) is 31.4 Å². The summed E-state index contributed by atoms with van der Waals surface area (Å²) >= 11 is 0. The van der Waals surface area contributed by atoms with Crippen molar-refractivity contribution in [3.63, 3.8) is 0 Å². The molecule has 1 aromatic heterocycles. The fourth-order valence-corrected chi connectivity index (χ4v) is 3.63. The summed E-state index contributed by atoms with van der Waals surface area (Å²) in [7, 11) is -4.93. The average Bonchev–Trinajstić information content (AvgIpc) is 2.87. The molecule has 0 spiro atoms. The number of aromatic amines is 1. The van der Waals surface area contributed by atoms with Gasteiger partial charge in [-0.15, -0.1) is 0 Å². The van der Waals surface area contributed by atoms with E-state index in [2.05, 4.69) is 0 Å². The maximum absolute atomic E-state index is 12.2. The van der Waals surface area contributed by atoms with Gasteiger partial charge < -0.3 is 30.1 Å². The Morgan fingerprint density at radius 1 is 1.21 bits per heavy atom. The van der Waals surface area contributed by atoms with Crippen molar-refractivity contribution in [2.24, 2.45) is 0 Å². The molecule has 15 nitrogen and oxygen atoms in total. The number of nitrogens with one attached hydrogen (secondary N) is 1. The van der Waals surface area contributed by atoms with Gasteiger partial charge in [-0.3, -0.25) is 28.5 Å². The molecule has 1 aliphatic rings. The van der Waals surface area contributed by atoms with Crippen molar-refractivity contribution in [1.29, 1.82) is 0 Å². The number of carbonyl (C=O) groups is 2. The number of aliphatic hydroxyl groups is 2. The lowest BCUT2D eigenvalue weighted by molar-refractivity contribution is -0.140. The molecule has 2 heterocycles. The van der Waals surface area contributed by atoms with E-state index < -0.39 is 75.2 Å². The van der Waals surface area contributed by atoms with Gasteiger partial charge in [-0.1, -0.05) is 0 Å². The van der Waals surface area contributed by atoms with E-state index in [4.69, 9.17) is 19.5 Å². The summed E-state index contributed by atoms with van der Waals surface area (Å²) in [4.78, 5) is 56.2. The van der Waals surface area contributed by atoms with Crippen LogP contribution in [0.15, 0.2) is 21.9 Å².